The van der Waals surface area contributed by atoms with Gasteiger partial charge in [0.1, 0.15) is 6.61 Å². The van der Waals surface area contributed by atoms with Crippen molar-refractivity contribution in [1.29, 1.82) is 0 Å². The molecule has 0 aliphatic carbocycles. The molecule has 26 heavy (non-hydrogen) atoms. The van der Waals surface area contributed by atoms with E-state index in [-0.39, 0.29) is 42.2 Å². The van der Waals surface area contributed by atoms with Crippen molar-refractivity contribution in [3.8, 4) is 0 Å². The Morgan fingerprint density at radius 1 is 1.04 bits per heavy atom. The number of rotatable bonds is 6. The van der Waals surface area contributed by atoms with Crippen LogP contribution in [0.25, 0.3) is 0 Å². The fourth-order valence-electron chi connectivity index (χ4n) is 2.23. The quantitative estimate of drug-likeness (QED) is 0.566. The Labute approximate surface area is 149 Å². The number of esters is 3. The Balaban J connectivity index is 2.18. The van der Waals surface area contributed by atoms with Gasteiger partial charge >= 0.3 is 23.9 Å². The highest BCUT2D eigenvalue weighted by atomic mass is 16.5. The van der Waals surface area contributed by atoms with Crippen LogP contribution in [0.1, 0.15) is 27.6 Å². The molecule has 138 valence electrons. The minimum absolute atomic E-state index is 0.0119. The maximum Gasteiger partial charge on any atom is 0.339 e. The summed E-state index contributed by atoms with van der Waals surface area (Å²) in [4.78, 5) is 47.5. The first-order chi connectivity index (χ1) is 12.5. The lowest BCUT2D eigenvalue weighted by atomic mass is 10.1. The molecule has 0 saturated carbocycles. The van der Waals surface area contributed by atoms with Crippen molar-refractivity contribution in [1.82, 2.24) is 10.6 Å². The Kier molecular flexibility index (Phi) is 6.31. The molecule has 1 aliphatic heterocycles. The number of ether oxygens (including phenoxy) is 3. The highest BCUT2D eigenvalue weighted by Crippen LogP contribution is 2.14. The molecule has 9 heteroatoms. The Morgan fingerprint density at radius 3 is 2.31 bits per heavy atom. The van der Waals surface area contributed by atoms with Crippen LogP contribution >= 0.6 is 0 Å². The summed E-state index contributed by atoms with van der Waals surface area (Å²) in [7, 11) is 1.20. The van der Waals surface area contributed by atoms with Crippen molar-refractivity contribution in [2.75, 3.05) is 26.9 Å². The lowest BCUT2D eigenvalue weighted by Crippen LogP contribution is -2.45. The van der Waals surface area contributed by atoms with Gasteiger partial charge in [-0.2, -0.15) is 0 Å². The van der Waals surface area contributed by atoms with Gasteiger partial charge in [0.15, 0.2) is 0 Å². The first-order valence-corrected chi connectivity index (χ1v) is 7.76. The third kappa shape index (κ3) is 4.38. The molecule has 0 fully saturated rings. The summed E-state index contributed by atoms with van der Waals surface area (Å²) in [6.45, 7) is 1.40. The lowest BCUT2D eigenvalue weighted by molar-refractivity contribution is -0.138. The smallest absolute Gasteiger partial charge is 0.339 e. The second kappa shape index (κ2) is 8.65. The van der Waals surface area contributed by atoms with Crippen LogP contribution in [-0.4, -0.2) is 50.8 Å². The summed E-state index contributed by atoms with van der Waals surface area (Å²) in [5, 5.41) is 4.86. The first-order valence-electron chi connectivity index (χ1n) is 7.76. The van der Waals surface area contributed by atoms with E-state index in [1.807, 2.05) is 0 Å². The van der Waals surface area contributed by atoms with Gasteiger partial charge in [-0.1, -0.05) is 12.1 Å². The number of carbonyl (C=O) groups excluding carboxylic acids is 4. The number of amides is 2. The first kappa shape index (κ1) is 19.0. The van der Waals surface area contributed by atoms with Gasteiger partial charge in [-0.25, -0.2) is 19.2 Å². The van der Waals surface area contributed by atoms with Crippen LogP contribution < -0.4 is 10.6 Å². The maximum atomic E-state index is 12.3. The second-order valence-corrected chi connectivity index (χ2v) is 5.10. The number of urea groups is 1. The van der Waals surface area contributed by atoms with Gasteiger partial charge in [-0.05, 0) is 19.1 Å². The predicted molar refractivity (Wildman–Crippen MR) is 88.3 cm³/mol. The van der Waals surface area contributed by atoms with E-state index in [0.29, 0.717) is 0 Å². The second-order valence-electron chi connectivity index (χ2n) is 5.10. The van der Waals surface area contributed by atoms with Crippen LogP contribution in [0.15, 0.2) is 35.5 Å². The van der Waals surface area contributed by atoms with Crippen LogP contribution in [-0.2, 0) is 19.0 Å². The van der Waals surface area contributed by atoms with Gasteiger partial charge in [0.25, 0.3) is 0 Å². The zero-order valence-electron chi connectivity index (χ0n) is 14.3. The van der Waals surface area contributed by atoms with Crippen molar-refractivity contribution >= 4 is 23.9 Å². The van der Waals surface area contributed by atoms with E-state index in [0.717, 1.165) is 0 Å². The number of carbonyl (C=O) groups is 4. The Morgan fingerprint density at radius 2 is 1.69 bits per heavy atom. The monoisotopic (exact) mass is 362 g/mol. The lowest BCUT2D eigenvalue weighted by Gasteiger charge is -2.21. The molecule has 1 aliphatic rings. The Bertz CT molecular complexity index is 770. The molecule has 2 N–H and O–H groups in total. The number of hydrogen-bond acceptors (Lipinski definition) is 7. The average Bonchev–Trinajstić information content (AvgIpc) is 2.65. The summed E-state index contributed by atoms with van der Waals surface area (Å²) in [6.07, 6.45) is 0. The van der Waals surface area contributed by atoms with Gasteiger partial charge in [-0.15, -0.1) is 0 Å². The summed E-state index contributed by atoms with van der Waals surface area (Å²) >= 11 is 0. The van der Waals surface area contributed by atoms with Crippen molar-refractivity contribution in [3.63, 3.8) is 0 Å². The minimum Gasteiger partial charge on any atom is -0.465 e. The average molecular weight is 362 g/mol. The third-order valence-corrected chi connectivity index (χ3v) is 3.48. The SMILES string of the molecule is CCOC(=O)C1=C(COC(=O)c2ccccc2C(=O)OC)NC(=O)NC1. The molecular formula is C17H18N2O7. The van der Waals surface area contributed by atoms with Gasteiger partial charge in [0.2, 0.25) is 0 Å². The van der Waals surface area contributed by atoms with E-state index in [2.05, 4.69) is 15.4 Å². The van der Waals surface area contributed by atoms with E-state index < -0.39 is 23.9 Å². The van der Waals surface area contributed by atoms with E-state index in [1.165, 1.54) is 19.2 Å². The Hall–Kier alpha value is -3.36. The molecule has 0 atom stereocenters. The zero-order chi connectivity index (χ0) is 19.1. The molecule has 2 amide bonds. The van der Waals surface area contributed by atoms with Gasteiger partial charge in [0.05, 0.1) is 42.7 Å². The maximum absolute atomic E-state index is 12.3. The van der Waals surface area contributed by atoms with E-state index in [1.54, 1.807) is 19.1 Å². The number of methoxy groups -OCH3 is 1. The molecule has 2 rings (SSSR count). The van der Waals surface area contributed by atoms with Crippen molar-refractivity contribution in [2.45, 2.75) is 6.92 Å². The van der Waals surface area contributed by atoms with E-state index in [9.17, 15) is 19.2 Å². The molecule has 0 aromatic heterocycles. The summed E-state index contributed by atoms with van der Waals surface area (Å²) in [6, 6.07) is 5.46. The van der Waals surface area contributed by atoms with E-state index in [4.69, 9.17) is 9.47 Å². The minimum atomic E-state index is -0.797. The number of nitrogens with one attached hydrogen (secondary N) is 2. The molecule has 9 nitrogen and oxygen atoms in total. The third-order valence-electron chi connectivity index (χ3n) is 3.48. The van der Waals surface area contributed by atoms with Crippen LogP contribution in [0.3, 0.4) is 0 Å². The molecular weight excluding hydrogens is 344 g/mol. The highest BCUT2D eigenvalue weighted by Gasteiger charge is 2.25. The predicted octanol–water partition coefficient (Wildman–Crippen LogP) is 0.760. The molecule has 0 saturated heterocycles. The summed E-state index contributed by atoms with van der Waals surface area (Å²) < 4.78 is 14.7. The topological polar surface area (TPSA) is 120 Å². The molecule has 0 radical (unpaired) electrons. The van der Waals surface area contributed by atoms with Crippen LogP contribution in [0.2, 0.25) is 0 Å². The number of benzene rings is 1. The standard InChI is InChI=1S/C17H18N2O7/c1-3-25-16(22)12-8-18-17(23)19-13(12)9-26-15(21)11-7-5-4-6-10(11)14(20)24-2/h4-7H,3,8-9H2,1-2H3,(H2,18,19,23). The molecule has 1 aromatic rings. The zero-order valence-corrected chi connectivity index (χ0v) is 14.3. The molecule has 1 aromatic carbocycles. The molecule has 1 heterocycles. The molecule has 0 unspecified atom stereocenters. The van der Waals surface area contributed by atoms with Gasteiger partial charge < -0.3 is 24.8 Å². The fourth-order valence-corrected chi connectivity index (χ4v) is 2.23. The highest BCUT2D eigenvalue weighted by molar-refractivity contribution is 6.03. The van der Waals surface area contributed by atoms with E-state index >= 15 is 0 Å². The van der Waals surface area contributed by atoms with Crippen molar-refractivity contribution in [2.24, 2.45) is 0 Å². The van der Waals surface area contributed by atoms with Gasteiger partial charge in [0, 0.05) is 0 Å². The number of hydrogen-bond donors (Lipinski definition) is 2. The van der Waals surface area contributed by atoms with Crippen LogP contribution in [0.5, 0.6) is 0 Å². The molecule has 0 spiro atoms. The summed E-state index contributed by atoms with van der Waals surface area (Å²) in [5.74, 6) is -2.10. The fraction of sp³-hybridized carbons (Fsp3) is 0.294. The van der Waals surface area contributed by atoms with Crippen LogP contribution in [0.4, 0.5) is 4.79 Å². The van der Waals surface area contributed by atoms with Crippen molar-refractivity contribution < 1.29 is 33.4 Å². The van der Waals surface area contributed by atoms with Gasteiger partial charge in [-0.3, -0.25) is 0 Å². The van der Waals surface area contributed by atoms with Crippen LogP contribution in [0, 0.1) is 0 Å². The van der Waals surface area contributed by atoms with Crippen molar-refractivity contribution in [3.05, 3.63) is 46.7 Å². The molecule has 0 bridgehead atoms. The largest absolute Gasteiger partial charge is 0.465 e. The normalized spacial score (nSPS) is 13.4. The summed E-state index contributed by atoms with van der Waals surface area (Å²) in [5.41, 5.74) is 0.337.